The fourth-order valence-corrected chi connectivity index (χ4v) is 2.50. The molecule has 0 aliphatic heterocycles. The lowest BCUT2D eigenvalue weighted by atomic mass is 10.1. The topological polar surface area (TPSA) is 55.8 Å². The third-order valence-corrected chi connectivity index (χ3v) is 3.68. The molecule has 0 heterocycles. The van der Waals surface area contributed by atoms with Crippen molar-refractivity contribution >= 4 is 16.7 Å². The van der Waals surface area contributed by atoms with E-state index in [1.165, 1.54) is 13.2 Å². The summed E-state index contributed by atoms with van der Waals surface area (Å²) in [6, 6.07) is 18.8. The van der Waals surface area contributed by atoms with Crippen LogP contribution < -0.4 is 9.47 Å². The quantitative estimate of drug-likeness (QED) is 0.770. The van der Waals surface area contributed by atoms with Crippen LogP contribution in [-0.4, -0.2) is 18.2 Å². The van der Waals surface area contributed by atoms with Gasteiger partial charge in [0, 0.05) is 0 Å². The minimum atomic E-state index is -1.04. The molecule has 23 heavy (non-hydrogen) atoms. The molecule has 0 atom stereocenters. The van der Waals surface area contributed by atoms with E-state index >= 15 is 0 Å². The molecule has 116 valence electrons. The van der Waals surface area contributed by atoms with Gasteiger partial charge in [-0.3, -0.25) is 0 Å². The highest BCUT2D eigenvalue weighted by Gasteiger charge is 2.13. The summed E-state index contributed by atoms with van der Waals surface area (Å²) < 4.78 is 10.8. The lowest BCUT2D eigenvalue weighted by Gasteiger charge is -2.12. The standard InChI is InChI=1S/C19H16O4/c1-22-15-9-10-18(17(11-15)19(20)21)23-12-14-7-4-6-13-5-2-3-8-16(13)14/h2-11H,12H2,1H3,(H,20,21). The van der Waals surface area contributed by atoms with Gasteiger partial charge in [0.15, 0.2) is 0 Å². The zero-order valence-electron chi connectivity index (χ0n) is 12.7. The van der Waals surface area contributed by atoms with E-state index in [0.29, 0.717) is 18.1 Å². The van der Waals surface area contributed by atoms with Gasteiger partial charge in [0.25, 0.3) is 0 Å². The second kappa shape index (κ2) is 6.40. The number of aromatic carboxylic acids is 1. The number of carboxylic acids is 1. The van der Waals surface area contributed by atoms with Crippen molar-refractivity contribution in [2.75, 3.05) is 7.11 Å². The van der Waals surface area contributed by atoms with Crippen molar-refractivity contribution in [1.82, 2.24) is 0 Å². The third-order valence-electron chi connectivity index (χ3n) is 3.68. The Morgan fingerprint density at radius 1 is 1.04 bits per heavy atom. The maximum Gasteiger partial charge on any atom is 0.339 e. The predicted molar refractivity (Wildman–Crippen MR) is 88.2 cm³/mol. The van der Waals surface area contributed by atoms with Crippen molar-refractivity contribution in [3.05, 3.63) is 71.8 Å². The zero-order valence-corrected chi connectivity index (χ0v) is 12.7. The van der Waals surface area contributed by atoms with Crippen LogP contribution in [0.2, 0.25) is 0 Å². The van der Waals surface area contributed by atoms with Crippen LogP contribution in [0.25, 0.3) is 10.8 Å². The van der Waals surface area contributed by atoms with E-state index in [0.717, 1.165) is 16.3 Å². The van der Waals surface area contributed by atoms with E-state index in [1.807, 2.05) is 42.5 Å². The highest BCUT2D eigenvalue weighted by molar-refractivity contribution is 5.91. The van der Waals surface area contributed by atoms with Gasteiger partial charge in [-0.25, -0.2) is 4.79 Å². The Balaban J connectivity index is 1.89. The maximum absolute atomic E-state index is 11.4. The molecule has 1 N–H and O–H groups in total. The second-order valence-electron chi connectivity index (χ2n) is 5.09. The number of methoxy groups -OCH3 is 1. The van der Waals surface area contributed by atoms with Gasteiger partial charge in [0.2, 0.25) is 0 Å². The monoisotopic (exact) mass is 308 g/mol. The molecule has 0 saturated heterocycles. The van der Waals surface area contributed by atoms with Gasteiger partial charge in [-0.2, -0.15) is 0 Å². The van der Waals surface area contributed by atoms with E-state index in [2.05, 4.69) is 0 Å². The van der Waals surface area contributed by atoms with Crippen molar-refractivity contribution in [3.63, 3.8) is 0 Å². The lowest BCUT2D eigenvalue weighted by Crippen LogP contribution is -2.04. The van der Waals surface area contributed by atoms with Crippen LogP contribution in [0.1, 0.15) is 15.9 Å². The van der Waals surface area contributed by atoms with Crippen molar-refractivity contribution < 1.29 is 19.4 Å². The first-order chi connectivity index (χ1) is 11.2. The van der Waals surface area contributed by atoms with Crippen LogP contribution in [0.15, 0.2) is 60.7 Å². The number of rotatable bonds is 5. The summed E-state index contributed by atoms with van der Waals surface area (Å²) in [5.41, 5.74) is 1.10. The van der Waals surface area contributed by atoms with Crippen molar-refractivity contribution in [2.24, 2.45) is 0 Å². The van der Waals surface area contributed by atoms with Crippen molar-refractivity contribution in [2.45, 2.75) is 6.61 Å². The summed E-state index contributed by atoms with van der Waals surface area (Å²) in [5, 5.41) is 11.5. The molecule has 0 unspecified atom stereocenters. The number of benzene rings is 3. The Morgan fingerprint density at radius 2 is 1.83 bits per heavy atom. The van der Waals surface area contributed by atoms with Crippen LogP contribution in [-0.2, 0) is 6.61 Å². The molecule has 4 nitrogen and oxygen atoms in total. The Morgan fingerprint density at radius 3 is 2.61 bits per heavy atom. The molecule has 0 fully saturated rings. The van der Waals surface area contributed by atoms with E-state index < -0.39 is 5.97 Å². The molecular formula is C19H16O4. The predicted octanol–water partition coefficient (Wildman–Crippen LogP) is 4.13. The summed E-state index contributed by atoms with van der Waals surface area (Å²) in [4.78, 5) is 11.4. The Kier molecular flexibility index (Phi) is 4.15. The Hall–Kier alpha value is -3.01. The van der Waals surface area contributed by atoms with Gasteiger partial charge >= 0.3 is 5.97 Å². The second-order valence-corrected chi connectivity index (χ2v) is 5.09. The smallest absolute Gasteiger partial charge is 0.339 e. The fraction of sp³-hybridized carbons (Fsp3) is 0.105. The SMILES string of the molecule is COc1ccc(OCc2cccc3ccccc23)c(C(=O)O)c1. The Labute approximate surface area is 133 Å². The minimum Gasteiger partial charge on any atom is -0.497 e. The number of carboxylic acid groups (broad SMARTS) is 1. The van der Waals surface area contributed by atoms with E-state index in [1.54, 1.807) is 12.1 Å². The van der Waals surface area contributed by atoms with Crippen LogP contribution in [0.5, 0.6) is 11.5 Å². The van der Waals surface area contributed by atoms with E-state index in [9.17, 15) is 9.90 Å². The summed E-state index contributed by atoms with van der Waals surface area (Å²) in [7, 11) is 1.50. The van der Waals surface area contributed by atoms with E-state index in [4.69, 9.17) is 9.47 Å². The Bertz CT molecular complexity index is 850. The van der Waals surface area contributed by atoms with Crippen LogP contribution in [0, 0.1) is 0 Å². The van der Waals surface area contributed by atoms with Gasteiger partial charge in [-0.15, -0.1) is 0 Å². The molecule has 0 spiro atoms. The number of ether oxygens (including phenoxy) is 2. The van der Waals surface area contributed by atoms with Crippen molar-refractivity contribution in [3.8, 4) is 11.5 Å². The van der Waals surface area contributed by atoms with Gasteiger partial charge in [0.05, 0.1) is 7.11 Å². The van der Waals surface area contributed by atoms with Crippen LogP contribution in [0.3, 0.4) is 0 Å². The first-order valence-electron chi connectivity index (χ1n) is 7.20. The molecule has 0 aliphatic rings. The first-order valence-corrected chi connectivity index (χ1v) is 7.20. The highest BCUT2D eigenvalue weighted by Crippen LogP contribution is 2.26. The molecule has 0 saturated carbocycles. The average molecular weight is 308 g/mol. The lowest BCUT2D eigenvalue weighted by molar-refractivity contribution is 0.0691. The summed E-state index contributed by atoms with van der Waals surface area (Å²) in [6.07, 6.45) is 0. The number of hydrogen-bond donors (Lipinski definition) is 1. The molecule has 0 bridgehead atoms. The molecule has 0 amide bonds. The number of carbonyl (C=O) groups is 1. The summed E-state index contributed by atoms with van der Waals surface area (Å²) >= 11 is 0. The molecule has 0 aromatic heterocycles. The molecule has 3 aromatic carbocycles. The average Bonchev–Trinajstić information content (AvgIpc) is 2.59. The van der Waals surface area contributed by atoms with Gasteiger partial charge in [-0.05, 0) is 34.5 Å². The summed E-state index contributed by atoms with van der Waals surface area (Å²) in [5.74, 6) is -0.233. The third kappa shape index (κ3) is 3.11. The zero-order chi connectivity index (χ0) is 16.2. The molecule has 4 heteroatoms. The maximum atomic E-state index is 11.4. The number of fused-ring (bicyclic) bond motifs is 1. The van der Waals surface area contributed by atoms with E-state index in [-0.39, 0.29) is 5.56 Å². The van der Waals surface area contributed by atoms with Gasteiger partial charge in [-0.1, -0.05) is 42.5 Å². The summed E-state index contributed by atoms with van der Waals surface area (Å²) in [6.45, 7) is 0.300. The van der Waals surface area contributed by atoms with Gasteiger partial charge < -0.3 is 14.6 Å². The molecule has 0 aliphatic carbocycles. The van der Waals surface area contributed by atoms with Crippen LogP contribution >= 0.6 is 0 Å². The number of hydrogen-bond acceptors (Lipinski definition) is 3. The molecule has 0 radical (unpaired) electrons. The first kappa shape index (κ1) is 14.9. The minimum absolute atomic E-state index is 0.0876. The van der Waals surface area contributed by atoms with Crippen LogP contribution in [0.4, 0.5) is 0 Å². The normalized spacial score (nSPS) is 10.5. The molecule has 3 aromatic rings. The molecular weight excluding hydrogens is 292 g/mol. The van der Waals surface area contributed by atoms with Gasteiger partial charge in [0.1, 0.15) is 23.7 Å². The fourth-order valence-electron chi connectivity index (χ4n) is 2.50. The highest BCUT2D eigenvalue weighted by atomic mass is 16.5. The largest absolute Gasteiger partial charge is 0.497 e. The molecule has 3 rings (SSSR count). The van der Waals surface area contributed by atoms with Crippen molar-refractivity contribution in [1.29, 1.82) is 0 Å².